The summed E-state index contributed by atoms with van der Waals surface area (Å²) in [6, 6.07) is 0. The minimum atomic E-state index is -0.679. The van der Waals surface area contributed by atoms with Gasteiger partial charge in [-0.25, -0.2) is 0 Å². The zero-order valence-electron chi connectivity index (χ0n) is 16.4. The highest BCUT2D eigenvalue weighted by Gasteiger charge is 2.08. The van der Waals surface area contributed by atoms with Crippen LogP contribution in [0.1, 0.15) is 110 Å². The maximum atomic E-state index is 10.6. The topological polar surface area (TPSA) is 74.6 Å². The van der Waals surface area contributed by atoms with E-state index in [0.717, 1.165) is 25.7 Å². The molecule has 0 amide bonds. The molecule has 1 atom stereocenters. The molecule has 2 N–H and O–H groups in total. The summed E-state index contributed by atoms with van der Waals surface area (Å²) in [6.45, 7) is 2.16. The molecule has 0 fully saturated rings. The third kappa shape index (κ3) is 23.5. The minimum Gasteiger partial charge on any atom is -0.481 e. The molecule has 0 aromatic heterocycles. The van der Waals surface area contributed by atoms with E-state index in [4.69, 9.17) is 10.2 Å². The number of unbranched alkanes of at least 4 members (excludes halogenated alkanes) is 10. The Morgan fingerprint density at radius 2 is 1.00 bits per heavy atom. The molecule has 0 spiro atoms. The van der Waals surface area contributed by atoms with E-state index in [1.807, 2.05) is 0 Å². The third-order valence-corrected chi connectivity index (χ3v) is 4.85. The van der Waals surface area contributed by atoms with Crippen molar-refractivity contribution in [3.05, 3.63) is 0 Å². The highest BCUT2D eigenvalue weighted by molar-refractivity contribution is 5.85. The molecule has 0 aromatic carbocycles. The molecule has 0 rings (SSSR count). The van der Waals surface area contributed by atoms with E-state index in [1.54, 1.807) is 0 Å². The lowest BCUT2D eigenvalue weighted by Gasteiger charge is -2.13. The Hall–Kier alpha value is -0.480. The van der Waals surface area contributed by atoms with Gasteiger partial charge in [-0.2, -0.15) is 0 Å². The van der Waals surface area contributed by atoms with Gasteiger partial charge in [-0.15, -0.1) is 24.8 Å². The van der Waals surface area contributed by atoms with Crippen LogP contribution in [0.2, 0.25) is 0 Å². The first kappa shape index (κ1) is 30.3. The van der Waals surface area contributed by atoms with E-state index in [1.165, 1.54) is 64.2 Å². The van der Waals surface area contributed by atoms with Gasteiger partial charge in [0, 0.05) is 12.8 Å². The summed E-state index contributed by atoms with van der Waals surface area (Å²) in [7, 11) is 0. The SMILES string of the molecule is CCC(CCCCCCCCCCCCCC(=O)O)CCC(=O)O.Cl.Cl. The maximum absolute atomic E-state index is 10.6. The van der Waals surface area contributed by atoms with Crippen LogP contribution >= 0.6 is 24.8 Å². The lowest BCUT2D eigenvalue weighted by molar-refractivity contribution is -0.138. The van der Waals surface area contributed by atoms with Crippen molar-refractivity contribution >= 4 is 36.8 Å². The molecule has 158 valence electrons. The Bertz CT molecular complexity index is 325. The van der Waals surface area contributed by atoms with Crippen molar-refractivity contribution in [1.82, 2.24) is 0 Å². The number of aliphatic carboxylic acids is 2. The summed E-state index contributed by atoms with van der Waals surface area (Å²) in [5, 5.41) is 17.3. The summed E-state index contributed by atoms with van der Waals surface area (Å²) in [6.07, 6.45) is 17.0. The molecular formula is C20H40Cl2O4. The first-order chi connectivity index (χ1) is 11.6. The number of hydrogen-bond donors (Lipinski definition) is 2. The Balaban J connectivity index is -0.00000264. The highest BCUT2D eigenvalue weighted by Crippen LogP contribution is 2.20. The van der Waals surface area contributed by atoms with Gasteiger partial charge in [-0.3, -0.25) is 9.59 Å². The monoisotopic (exact) mass is 414 g/mol. The van der Waals surface area contributed by atoms with E-state index in [9.17, 15) is 9.59 Å². The largest absolute Gasteiger partial charge is 0.481 e. The molecular weight excluding hydrogens is 375 g/mol. The molecule has 1 unspecified atom stereocenters. The Morgan fingerprint density at radius 1 is 0.615 bits per heavy atom. The molecule has 26 heavy (non-hydrogen) atoms. The van der Waals surface area contributed by atoms with Crippen LogP contribution in [0.4, 0.5) is 0 Å². The van der Waals surface area contributed by atoms with Crippen LogP contribution in [0.5, 0.6) is 0 Å². The van der Waals surface area contributed by atoms with Crippen LogP contribution in [-0.4, -0.2) is 22.2 Å². The number of hydrogen-bond acceptors (Lipinski definition) is 2. The fourth-order valence-corrected chi connectivity index (χ4v) is 3.18. The fourth-order valence-electron chi connectivity index (χ4n) is 3.18. The molecule has 4 nitrogen and oxygen atoms in total. The molecule has 0 heterocycles. The van der Waals surface area contributed by atoms with Crippen LogP contribution in [0.15, 0.2) is 0 Å². The van der Waals surface area contributed by atoms with Crippen molar-refractivity contribution < 1.29 is 19.8 Å². The van der Waals surface area contributed by atoms with Crippen molar-refractivity contribution in [3.8, 4) is 0 Å². The standard InChI is InChI=1S/C20H38O4.2ClH/c1-2-18(16-17-20(23)24)14-12-10-8-6-4-3-5-7-9-11-13-15-19(21)22;;/h18H,2-17H2,1H3,(H,21,22)(H,23,24);2*1H. The number of rotatable bonds is 18. The molecule has 0 radical (unpaired) electrons. The maximum Gasteiger partial charge on any atom is 0.303 e. The van der Waals surface area contributed by atoms with Crippen LogP contribution in [-0.2, 0) is 9.59 Å². The van der Waals surface area contributed by atoms with Gasteiger partial charge in [0.2, 0.25) is 0 Å². The van der Waals surface area contributed by atoms with E-state index in [2.05, 4.69) is 6.92 Å². The van der Waals surface area contributed by atoms with Crippen LogP contribution in [0.25, 0.3) is 0 Å². The Morgan fingerprint density at radius 3 is 1.38 bits per heavy atom. The normalized spacial score (nSPS) is 11.3. The third-order valence-electron chi connectivity index (χ3n) is 4.85. The van der Waals surface area contributed by atoms with E-state index >= 15 is 0 Å². The van der Waals surface area contributed by atoms with Gasteiger partial charge in [0.1, 0.15) is 0 Å². The molecule has 0 aliphatic carbocycles. The predicted octanol–water partition coefficient (Wildman–Crippen LogP) is 6.88. The average molecular weight is 415 g/mol. The van der Waals surface area contributed by atoms with Gasteiger partial charge in [-0.05, 0) is 18.8 Å². The summed E-state index contributed by atoms with van der Waals surface area (Å²) in [5.41, 5.74) is 0. The lowest BCUT2D eigenvalue weighted by Crippen LogP contribution is -2.03. The van der Waals surface area contributed by atoms with Crippen LogP contribution in [0.3, 0.4) is 0 Å². The summed E-state index contributed by atoms with van der Waals surface area (Å²) < 4.78 is 0. The van der Waals surface area contributed by atoms with Crippen molar-refractivity contribution in [2.24, 2.45) is 5.92 Å². The summed E-state index contributed by atoms with van der Waals surface area (Å²) >= 11 is 0. The van der Waals surface area contributed by atoms with Crippen LogP contribution < -0.4 is 0 Å². The van der Waals surface area contributed by atoms with Gasteiger partial charge in [-0.1, -0.05) is 84.0 Å². The second kappa shape index (κ2) is 22.6. The first-order valence-corrected chi connectivity index (χ1v) is 9.99. The van der Waals surface area contributed by atoms with Gasteiger partial charge in [0.15, 0.2) is 0 Å². The van der Waals surface area contributed by atoms with Gasteiger partial charge < -0.3 is 10.2 Å². The number of carboxylic acid groups (broad SMARTS) is 2. The van der Waals surface area contributed by atoms with E-state index in [-0.39, 0.29) is 24.8 Å². The average Bonchev–Trinajstić information content (AvgIpc) is 2.54. The quantitative estimate of drug-likeness (QED) is 0.239. The fraction of sp³-hybridized carbons (Fsp3) is 0.900. The van der Waals surface area contributed by atoms with E-state index in [0.29, 0.717) is 18.8 Å². The molecule has 0 aromatic rings. The van der Waals surface area contributed by atoms with Crippen molar-refractivity contribution in [2.45, 2.75) is 110 Å². The highest BCUT2D eigenvalue weighted by atomic mass is 35.5. The number of halogens is 2. The van der Waals surface area contributed by atoms with Gasteiger partial charge >= 0.3 is 11.9 Å². The molecule has 6 heteroatoms. The molecule has 0 bridgehead atoms. The predicted molar refractivity (Wildman–Crippen MR) is 113 cm³/mol. The smallest absolute Gasteiger partial charge is 0.303 e. The zero-order valence-corrected chi connectivity index (χ0v) is 18.1. The minimum absolute atomic E-state index is 0. The van der Waals surface area contributed by atoms with Gasteiger partial charge in [0.05, 0.1) is 0 Å². The van der Waals surface area contributed by atoms with E-state index < -0.39 is 11.9 Å². The van der Waals surface area contributed by atoms with Crippen LogP contribution in [0, 0.1) is 5.92 Å². The second-order valence-corrected chi connectivity index (χ2v) is 7.03. The number of carbonyl (C=O) groups is 2. The molecule has 0 saturated heterocycles. The van der Waals surface area contributed by atoms with Crippen molar-refractivity contribution in [3.63, 3.8) is 0 Å². The second-order valence-electron chi connectivity index (χ2n) is 7.03. The van der Waals surface area contributed by atoms with Gasteiger partial charge in [0.25, 0.3) is 0 Å². The van der Waals surface area contributed by atoms with Crippen molar-refractivity contribution in [1.29, 1.82) is 0 Å². The Kier molecular flexibility index (Phi) is 26.3. The molecule has 0 aliphatic heterocycles. The molecule has 0 saturated carbocycles. The first-order valence-electron chi connectivity index (χ1n) is 9.99. The molecule has 0 aliphatic rings. The summed E-state index contributed by atoms with van der Waals surface area (Å²) in [4.78, 5) is 21.0. The Labute approximate surface area is 172 Å². The lowest BCUT2D eigenvalue weighted by atomic mass is 9.93. The number of carboxylic acids is 2. The summed E-state index contributed by atoms with van der Waals surface area (Å²) in [5.74, 6) is -0.764. The zero-order chi connectivity index (χ0) is 18.0. The van der Waals surface area contributed by atoms with Crippen molar-refractivity contribution in [2.75, 3.05) is 0 Å².